The van der Waals surface area contributed by atoms with Crippen LogP contribution in [-0.4, -0.2) is 32.0 Å². The molecule has 5 nitrogen and oxygen atoms in total. The fourth-order valence-electron chi connectivity index (χ4n) is 1.28. The zero-order valence-electron chi connectivity index (χ0n) is 9.63. The van der Waals surface area contributed by atoms with Crippen LogP contribution in [0.2, 0.25) is 0 Å². The Balaban J connectivity index is 2.20. The standard InChI is InChI=1S/C10H14N2O3S2/c1-16-10-8(15-7-3-4-7)5-6-9(11-10)12-17(2,13)14/h5-7H,3-4H2,1-2H3,(H,11,12). The molecule has 1 N–H and O–H groups in total. The van der Waals surface area contributed by atoms with Gasteiger partial charge in [0.2, 0.25) is 10.0 Å². The molecule has 1 heterocycles. The summed E-state index contributed by atoms with van der Waals surface area (Å²) in [5.41, 5.74) is 0. The Morgan fingerprint density at radius 1 is 1.47 bits per heavy atom. The molecule has 0 spiro atoms. The maximum absolute atomic E-state index is 11.1. The second-order valence-corrected chi connectivity index (χ2v) is 6.44. The topological polar surface area (TPSA) is 68.3 Å². The van der Waals surface area contributed by atoms with Crippen LogP contribution in [0.1, 0.15) is 12.8 Å². The predicted molar refractivity (Wildman–Crippen MR) is 68.1 cm³/mol. The minimum absolute atomic E-state index is 0.302. The molecule has 0 bridgehead atoms. The quantitative estimate of drug-likeness (QED) is 0.828. The summed E-state index contributed by atoms with van der Waals surface area (Å²) in [7, 11) is -3.29. The van der Waals surface area contributed by atoms with Gasteiger partial charge in [0.15, 0.2) is 5.75 Å². The highest BCUT2D eigenvalue weighted by molar-refractivity contribution is 7.98. The first-order valence-corrected chi connectivity index (χ1v) is 8.29. The zero-order valence-corrected chi connectivity index (χ0v) is 11.3. The van der Waals surface area contributed by atoms with Crippen molar-refractivity contribution in [2.45, 2.75) is 24.0 Å². The van der Waals surface area contributed by atoms with E-state index in [9.17, 15) is 8.42 Å². The van der Waals surface area contributed by atoms with Gasteiger partial charge in [-0.25, -0.2) is 13.4 Å². The van der Waals surface area contributed by atoms with Gasteiger partial charge < -0.3 is 4.74 Å². The van der Waals surface area contributed by atoms with E-state index in [4.69, 9.17) is 4.74 Å². The Kier molecular flexibility index (Phi) is 3.48. The number of hydrogen-bond donors (Lipinski definition) is 1. The summed E-state index contributed by atoms with van der Waals surface area (Å²) < 4.78 is 30.2. The molecule has 0 atom stereocenters. The van der Waals surface area contributed by atoms with Crippen LogP contribution in [-0.2, 0) is 10.0 Å². The third kappa shape index (κ3) is 3.78. The van der Waals surface area contributed by atoms with Crippen LogP contribution in [0.5, 0.6) is 5.75 Å². The largest absolute Gasteiger partial charge is 0.488 e. The van der Waals surface area contributed by atoms with Crippen LogP contribution in [0.3, 0.4) is 0 Å². The van der Waals surface area contributed by atoms with E-state index in [1.165, 1.54) is 11.8 Å². The van der Waals surface area contributed by atoms with Crippen molar-refractivity contribution >= 4 is 27.6 Å². The van der Waals surface area contributed by atoms with Crippen LogP contribution >= 0.6 is 11.8 Å². The molecule has 7 heteroatoms. The minimum atomic E-state index is -3.29. The average molecular weight is 274 g/mol. The van der Waals surface area contributed by atoms with E-state index in [-0.39, 0.29) is 0 Å². The second kappa shape index (κ2) is 4.73. The Bertz CT molecular complexity index is 512. The number of sulfonamides is 1. The number of aromatic nitrogens is 1. The van der Waals surface area contributed by atoms with E-state index in [1.807, 2.05) is 6.26 Å². The van der Waals surface area contributed by atoms with E-state index in [1.54, 1.807) is 12.1 Å². The van der Waals surface area contributed by atoms with Gasteiger partial charge >= 0.3 is 0 Å². The molecule has 0 saturated heterocycles. The Morgan fingerprint density at radius 3 is 2.71 bits per heavy atom. The molecule has 1 aromatic rings. The molecule has 1 aliphatic carbocycles. The van der Waals surface area contributed by atoms with Crippen molar-refractivity contribution in [2.75, 3.05) is 17.2 Å². The molecule has 0 radical (unpaired) electrons. The second-order valence-electron chi connectivity index (χ2n) is 3.90. The highest BCUT2D eigenvalue weighted by Gasteiger charge is 2.25. The Morgan fingerprint density at radius 2 is 2.18 bits per heavy atom. The average Bonchev–Trinajstić information content (AvgIpc) is 3.02. The first-order valence-electron chi connectivity index (χ1n) is 5.17. The number of nitrogens with one attached hydrogen (secondary N) is 1. The summed E-state index contributed by atoms with van der Waals surface area (Å²) in [4.78, 5) is 4.21. The zero-order chi connectivity index (χ0) is 12.5. The molecule has 0 aromatic carbocycles. The minimum Gasteiger partial charge on any atom is -0.488 e. The number of ether oxygens (including phenoxy) is 1. The SMILES string of the molecule is CSc1nc(NS(C)(=O)=O)ccc1OC1CC1. The lowest BCUT2D eigenvalue weighted by Gasteiger charge is -2.10. The van der Waals surface area contributed by atoms with Crippen LogP contribution in [0.15, 0.2) is 17.2 Å². The van der Waals surface area contributed by atoms with Crippen LogP contribution in [0.25, 0.3) is 0 Å². The predicted octanol–water partition coefficient (Wildman–Crippen LogP) is 1.72. The van der Waals surface area contributed by atoms with Crippen LogP contribution < -0.4 is 9.46 Å². The van der Waals surface area contributed by atoms with Gasteiger partial charge in [-0.15, -0.1) is 11.8 Å². The summed E-state index contributed by atoms with van der Waals surface area (Å²) in [6.45, 7) is 0. The van der Waals surface area contributed by atoms with Gasteiger partial charge in [-0.1, -0.05) is 0 Å². The van der Waals surface area contributed by atoms with Crippen molar-refractivity contribution in [3.05, 3.63) is 12.1 Å². The summed E-state index contributed by atoms with van der Waals surface area (Å²) in [5.74, 6) is 1.04. The van der Waals surface area contributed by atoms with E-state index in [2.05, 4.69) is 9.71 Å². The molecule has 94 valence electrons. The maximum Gasteiger partial charge on any atom is 0.230 e. The van der Waals surface area contributed by atoms with E-state index in [0.29, 0.717) is 16.9 Å². The van der Waals surface area contributed by atoms with Gasteiger partial charge in [-0.05, 0) is 31.2 Å². The number of rotatable bonds is 5. The molecular formula is C10H14N2O3S2. The number of pyridine rings is 1. The molecule has 0 amide bonds. The number of thioether (sulfide) groups is 1. The van der Waals surface area contributed by atoms with E-state index >= 15 is 0 Å². The van der Waals surface area contributed by atoms with Crippen molar-refractivity contribution in [1.82, 2.24) is 4.98 Å². The summed E-state index contributed by atoms with van der Waals surface area (Å²) in [6.07, 6.45) is 5.44. The normalized spacial score (nSPS) is 15.6. The van der Waals surface area contributed by atoms with Gasteiger partial charge in [0.25, 0.3) is 0 Å². The molecule has 1 fully saturated rings. The third-order valence-electron chi connectivity index (χ3n) is 2.13. The molecule has 1 saturated carbocycles. The first kappa shape index (κ1) is 12.5. The van der Waals surface area contributed by atoms with Gasteiger partial charge in [-0.3, -0.25) is 4.72 Å². The molecular weight excluding hydrogens is 260 g/mol. The fourth-order valence-corrected chi connectivity index (χ4v) is 2.28. The third-order valence-corrected chi connectivity index (χ3v) is 3.39. The first-order chi connectivity index (χ1) is 7.98. The molecule has 17 heavy (non-hydrogen) atoms. The summed E-state index contributed by atoms with van der Waals surface area (Å²) in [5, 5.41) is 0.700. The van der Waals surface area contributed by atoms with Gasteiger partial charge in [0, 0.05) is 0 Å². The summed E-state index contributed by atoms with van der Waals surface area (Å²) >= 11 is 1.43. The van der Waals surface area contributed by atoms with Gasteiger partial charge in [-0.2, -0.15) is 0 Å². The molecule has 1 aromatic heterocycles. The molecule has 0 aliphatic heterocycles. The molecule has 2 rings (SSSR count). The van der Waals surface area contributed by atoms with Gasteiger partial charge in [0.1, 0.15) is 10.8 Å². The lowest BCUT2D eigenvalue weighted by Crippen LogP contribution is -2.11. The Hall–Kier alpha value is -0.950. The molecule has 1 aliphatic rings. The van der Waals surface area contributed by atoms with Crippen molar-refractivity contribution in [1.29, 1.82) is 0 Å². The molecule has 0 unspecified atom stereocenters. The van der Waals surface area contributed by atoms with Crippen molar-refractivity contribution in [3.8, 4) is 5.75 Å². The smallest absolute Gasteiger partial charge is 0.230 e. The monoisotopic (exact) mass is 274 g/mol. The summed E-state index contributed by atoms with van der Waals surface area (Å²) in [6, 6.07) is 3.36. The van der Waals surface area contributed by atoms with E-state index in [0.717, 1.165) is 24.8 Å². The highest BCUT2D eigenvalue weighted by atomic mass is 32.2. The lowest BCUT2D eigenvalue weighted by atomic mass is 10.4. The number of anilines is 1. The van der Waals surface area contributed by atoms with E-state index < -0.39 is 10.0 Å². The lowest BCUT2D eigenvalue weighted by molar-refractivity contribution is 0.293. The number of nitrogens with zero attached hydrogens (tertiary/aromatic N) is 1. The van der Waals surface area contributed by atoms with Crippen molar-refractivity contribution < 1.29 is 13.2 Å². The highest BCUT2D eigenvalue weighted by Crippen LogP contribution is 2.33. The maximum atomic E-state index is 11.1. The van der Waals surface area contributed by atoms with Crippen molar-refractivity contribution in [2.24, 2.45) is 0 Å². The van der Waals surface area contributed by atoms with Crippen LogP contribution in [0, 0.1) is 0 Å². The fraction of sp³-hybridized carbons (Fsp3) is 0.500. The van der Waals surface area contributed by atoms with Crippen molar-refractivity contribution in [3.63, 3.8) is 0 Å². The van der Waals surface area contributed by atoms with Crippen LogP contribution in [0.4, 0.5) is 5.82 Å². The van der Waals surface area contributed by atoms with Gasteiger partial charge in [0.05, 0.1) is 12.4 Å². The Labute approximate surface area is 105 Å². The number of hydrogen-bond acceptors (Lipinski definition) is 5.